The monoisotopic (exact) mass is 552 g/mol. The molecular weight excluding hydrogens is 527 g/mol. The highest BCUT2D eigenvalue weighted by molar-refractivity contribution is 6.04. The average molecular weight is 552 g/mol. The minimum atomic E-state index is -2.40. The Labute approximate surface area is 220 Å². The molecule has 2 heterocycles. The molecule has 208 valence electrons. The Morgan fingerprint density at radius 2 is 1.67 bits per heavy atom. The quantitative estimate of drug-likeness (QED) is 0.274. The number of dihydropyridines is 1. The van der Waals surface area contributed by atoms with Crippen LogP contribution in [-0.2, 0) is 9.59 Å². The van der Waals surface area contributed by atoms with Gasteiger partial charge < -0.3 is 20.3 Å². The Balaban J connectivity index is 1.64. The third-order valence-electron chi connectivity index (χ3n) is 6.91. The molecule has 0 saturated heterocycles. The van der Waals surface area contributed by atoms with E-state index in [9.17, 15) is 41.8 Å². The normalized spacial score (nSPS) is 18.7. The van der Waals surface area contributed by atoms with Gasteiger partial charge in [-0.2, -0.15) is 0 Å². The number of nitrogens with one attached hydrogen (secondary N) is 1. The van der Waals surface area contributed by atoms with E-state index >= 15 is 0 Å². The number of aliphatic hydroxyl groups excluding tert-OH is 1. The van der Waals surface area contributed by atoms with Gasteiger partial charge in [0, 0.05) is 35.6 Å². The molecule has 4 rings (SSSR count). The van der Waals surface area contributed by atoms with Gasteiger partial charge in [-0.15, -0.1) is 0 Å². The second-order valence-electron chi connectivity index (χ2n) is 9.53. The molecule has 2 aliphatic heterocycles. The van der Waals surface area contributed by atoms with E-state index in [0.29, 0.717) is 5.75 Å². The predicted octanol–water partition coefficient (Wildman–Crippen LogP) is 3.62. The van der Waals surface area contributed by atoms with Crippen molar-refractivity contribution in [3.05, 3.63) is 86.5 Å². The number of Topliss-reactive ketones (excluding diaryl/α,β-unsaturated/α-hetero) is 1. The van der Waals surface area contributed by atoms with Crippen molar-refractivity contribution >= 4 is 11.8 Å². The highest BCUT2D eigenvalue weighted by Crippen LogP contribution is 2.43. The Bertz CT molecular complexity index is 1410. The lowest BCUT2D eigenvalue weighted by molar-refractivity contribution is -0.133. The molecule has 7 nitrogen and oxygen atoms in total. The number of hydrogen-bond donors (Lipinski definition) is 3. The molecule has 2 aromatic carbocycles. The Hall–Kier alpha value is -3.77. The predicted molar refractivity (Wildman–Crippen MR) is 128 cm³/mol. The van der Waals surface area contributed by atoms with Crippen LogP contribution in [0.1, 0.15) is 29.5 Å². The van der Waals surface area contributed by atoms with Gasteiger partial charge in [0.25, 0.3) is 0 Å². The van der Waals surface area contributed by atoms with Crippen LogP contribution in [0.2, 0.25) is 0 Å². The number of β-amino-alcohol motifs (C(OH)–C–C–N with tert-alkyl or cyclic N) is 1. The SMILES string of the molecule is CC1=C(C(=O)O)C(c2c(F)c(F)c(F)c(F)c2F)C2=C(CN(CC(O)COc3cccc(C)c3C)CC2=O)N1. The number of carbonyl (C=O) groups excluding carboxylic acids is 1. The van der Waals surface area contributed by atoms with Crippen LogP contribution in [-0.4, -0.2) is 59.2 Å². The summed E-state index contributed by atoms with van der Waals surface area (Å²) in [7, 11) is 0. The van der Waals surface area contributed by atoms with Crippen molar-refractivity contribution < 1.29 is 46.5 Å². The number of nitrogens with zero attached hydrogens (tertiary/aromatic N) is 1. The second-order valence-corrected chi connectivity index (χ2v) is 9.53. The fourth-order valence-corrected chi connectivity index (χ4v) is 4.91. The van der Waals surface area contributed by atoms with Gasteiger partial charge in [-0.3, -0.25) is 9.69 Å². The van der Waals surface area contributed by atoms with Gasteiger partial charge in [0.2, 0.25) is 5.82 Å². The standard InChI is InChI=1S/C27H25F5N2O5/c1-11-5-4-6-17(12(11)2)39-10-14(35)7-34-8-15-19(16(36)9-34)20(18(27(37)38)13(3)33-15)21-22(28)24(30)26(32)25(31)23(21)29/h4-6,14,20,33,35H,7-10H2,1-3H3,(H,37,38). The number of ketones is 1. The van der Waals surface area contributed by atoms with E-state index in [1.807, 2.05) is 19.9 Å². The van der Waals surface area contributed by atoms with Gasteiger partial charge in [0.05, 0.1) is 18.0 Å². The van der Waals surface area contributed by atoms with Crippen molar-refractivity contribution in [2.75, 3.05) is 26.2 Å². The highest BCUT2D eigenvalue weighted by Gasteiger charge is 2.44. The molecule has 0 radical (unpaired) electrons. The minimum Gasteiger partial charge on any atom is -0.491 e. The Morgan fingerprint density at radius 3 is 2.28 bits per heavy atom. The van der Waals surface area contributed by atoms with E-state index in [1.54, 1.807) is 12.1 Å². The summed E-state index contributed by atoms with van der Waals surface area (Å²) in [5, 5.41) is 23.0. The maximum absolute atomic E-state index is 14.8. The topological polar surface area (TPSA) is 99.1 Å². The fraction of sp³-hybridized carbons (Fsp3) is 0.333. The summed E-state index contributed by atoms with van der Waals surface area (Å²) >= 11 is 0. The molecule has 0 saturated carbocycles. The number of aliphatic carboxylic acids is 1. The number of carbonyl (C=O) groups is 2. The van der Waals surface area contributed by atoms with Gasteiger partial charge in [0.15, 0.2) is 29.1 Å². The molecule has 2 unspecified atom stereocenters. The summed E-state index contributed by atoms with van der Waals surface area (Å²) in [6.07, 6.45) is -1.05. The number of aliphatic hydroxyl groups is 1. The third kappa shape index (κ3) is 5.13. The molecule has 2 aliphatic rings. The first-order valence-electron chi connectivity index (χ1n) is 11.9. The number of allylic oxidation sites excluding steroid dienone is 1. The van der Waals surface area contributed by atoms with Crippen LogP contribution in [0, 0.1) is 42.9 Å². The summed E-state index contributed by atoms with van der Waals surface area (Å²) in [6, 6.07) is 5.46. The van der Waals surface area contributed by atoms with Crippen LogP contribution in [0.25, 0.3) is 0 Å². The molecule has 3 N–H and O–H groups in total. The molecule has 39 heavy (non-hydrogen) atoms. The zero-order chi connectivity index (χ0) is 28.8. The Morgan fingerprint density at radius 1 is 1.05 bits per heavy atom. The van der Waals surface area contributed by atoms with Gasteiger partial charge in [-0.05, 0) is 38.0 Å². The number of benzene rings is 2. The van der Waals surface area contributed by atoms with Crippen LogP contribution >= 0.6 is 0 Å². The number of halogens is 5. The lowest BCUT2D eigenvalue weighted by Crippen LogP contribution is -2.48. The molecule has 0 fully saturated rings. The Kier molecular flexibility index (Phi) is 7.80. The zero-order valence-corrected chi connectivity index (χ0v) is 21.2. The fourth-order valence-electron chi connectivity index (χ4n) is 4.91. The molecule has 0 bridgehead atoms. The van der Waals surface area contributed by atoms with Crippen LogP contribution in [0.3, 0.4) is 0 Å². The maximum Gasteiger partial charge on any atom is 0.334 e. The van der Waals surface area contributed by atoms with E-state index in [2.05, 4.69) is 5.32 Å². The number of aryl methyl sites for hydroxylation is 1. The summed E-state index contributed by atoms with van der Waals surface area (Å²) in [5.74, 6) is -15.3. The van der Waals surface area contributed by atoms with Gasteiger partial charge in [-0.1, -0.05) is 12.1 Å². The second kappa shape index (κ2) is 10.8. The van der Waals surface area contributed by atoms with Crippen molar-refractivity contribution in [3.8, 4) is 5.75 Å². The lowest BCUT2D eigenvalue weighted by Gasteiger charge is -2.38. The summed E-state index contributed by atoms with van der Waals surface area (Å²) in [5.41, 5.74) is -0.761. The summed E-state index contributed by atoms with van der Waals surface area (Å²) in [6.45, 7) is 4.36. The summed E-state index contributed by atoms with van der Waals surface area (Å²) in [4.78, 5) is 26.8. The van der Waals surface area contributed by atoms with Crippen LogP contribution in [0.5, 0.6) is 5.75 Å². The highest BCUT2D eigenvalue weighted by atomic mass is 19.2. The first kappa shape index (κ1) is 28.2. The molecule has 2 atom stereocenters. The van der Waals surface area contributed by atoms with Gasteiger partial charge in [0.1, 0.15) is 18.5 Å². The molecule has 2 aromatic rings. The van der Waals surface area contributed by atoms with E-state index < -0.39 is 76.1 Å². The molecule has 0 amide bonds. The first-order chi connectivity index (χ1) is 18.3. The summed E-state index contributed by atoms with van der Waals surface area (Å²) < 4.78 is 77.2. The maximum atomic E-state index is 14.8. The average Bonchev–Trinajstić information content (AvgIpc) is 2.86. The molecule has 0 aliphatic carbocycles. The van der Waals surface area contributed by atoms with Crippen LogP contribution < -0.4 is 10.1 Å². The number of carboxylic acids is 1. The minimum absolute atomic E-state index is 0.0327. The van der Waals surface area contributed by atoms with E-state index in [0.717, 1.165) is 11.1 Å². The molecular formula is C27H25F5N2O5. The van der Waals surface area contributed by atoms with Gasteiger partial charge in [-0.25, -0.2) is 26.7 Å². The third-order valence-corrected chi connectivity index (χ3v) is 6.91. The smallest absolute Gasteiger partial charge is 0.334 e. The number of carboxylic acid groups (broad SMARTS) is 1. The number of hydrogen-bond acceptors (Lipinski definition) is 6. The van der Waals surface area contributed by atoms with Crippen molar-refractivity contribution in [2.24, 2.45) is 0 Å². The molecule has 0 aromatic heterocycles. The number of rotatable bonds is 7. The van der Waals surface area contributed by atoms with Crippen molar-refractivity contribution in [1.82, 2.24) is 10.2 Å². The van der Waals surface area contributed by atoms with E-state index in [1.165, 1.54) is 11.8 Å². The van der Waals surface area contributed by atoms with Crippen molar-refractivity contribution in [2.45, 2.75) is 32.8 Å². The van der Waals surface area contributed by atoms with Crippen molar-refractivity contribution in [3.63, 3.8) is 0 Å². The van der Waals surface area contributed by atoms with Gasteiger partial charge >= 0.3 is 5.97 Å². The van der Waals surface area contributed by atoms with Crippen molar-refractivity contribution in [1.29, 1.82) is 0 Å². The largest absolute Gasteiger partial charge is 0.491 e. The first-order valence-corrected chi connectivity index (χ1v) is 11.9. The zero-order valence-electron chi connectivity index (χ0n) is 21.2. The number of ether oxygens (including phenoxy) is 1. The molecule has 0 spiro atoms. The van der Waals surface area contributed by atoms with E-state index in [4.69, 9.17) is 4.74 Å². The van der Waals surface area contributed by atoms with Crippen LogP contribution in [0.4, 0.5) is 22.0 Å². The van der Waals surface area contributed by atoms with Crippen LogP contribution in [0.15, 0.2) is 40.7 Å². The lowest BCUT2D eigenvalue weighted by atomic mass is 9.76. The molecule has 12 heteroatoms. The van der Waals surface area contributed by atoms with E-state index in [-0.39, 0.29) is 31.1 Å².